The standard InChI is InChI=1S/C20H24N2O5S/c1-20(2,15-8-9-17-18(11-15)27-13-26-17)12-21-19(23)14-6-5-7-16(10-14)28(24,25)22(3)4/h5-11H,12-13H2,1-4H3,(H,21,23). The number of ether oxygens (including phenoxy) is 2. The molecule has 2 aromatic rings. The molecular weight excluding hydrogens is 380 g/mol. The Morgan fingerprint density at radius 1 is 1.11 bits per heavy atom. The molecule has 0 fully saturated rings. The molecule has 0 spiro atoms. The highest BCUT2D eigenvalue weighted by Gasteiger charge is 2.25. The average molecular weight is 404 g/mol. The highest BCUT2D eigenvalue weighted by atomic mass is 32.2. The van der Waals surface area contributed by atoms with Gasteiger partial charge >= 0.3 is 0 Å². The minimum Gasteiger partial charge on any atom is -0.454 e. The van der Waals surface area contributed by atoms with Crippen LogP contribution in [-0.4, -0.2) is 46.1 Å². The van der Waals surface area contributed by atoms with E-state index in [0.29, 0.717) is 23.6 Å². The molecule has 0 saturated carbocycles. The molecule has 1 aliphatic heterocycles. The van der Waals surface area contributed by atoms with Crippen molar-refractivity contribution < 1.29 is 22.7 Å². The topological polar surface area (TPSA) is 84.9 Å². The number of amides is 1. The van der Waals surface area contributed by atoms with E-state index in [2.05, 4.69) is 5.32 Å². The zero-order valence-electron chi connectivity index (χ0n) is 16.4. The molecule has 0 bridgehead atoms. The van der Waals surface area contributed by atoms with E-state index in [9.17, 15) is 13.2 Å². The highest BCUT2D eigenvalue weighted by molar-refractivity contribution is 7.89. The number of sulfonamides is 1. The van der Waals surface area contributed by atoms with Crippen molar-refractivity contribution in [2.24, 2.45) is 0 Å². The van der Waals surface area contributed by atoms with E-state index < -0.39 is 10.0 Å². The minimum atomic E-state index is -3.60. The van der Waals surface area contributed by atoms with Crippen molar-refractivity contribution in [2.75, 3.05) is 27.4 Å². The van der Waals surface area contributed by atoms with Crippen LogP contribution in [0.2, 0.25) is 0 Å². The molecule has 1 aliphatic rings. The van der Waals surface area contributed by atoms with Gasteiger partial charge in [0.2, 0.25) is 16.8 Å². The minimum absolute atomic E-state index is 0.0835. The Morgan fingerprint density at radius 2 is 1.82 bits per heavy atom. The lowest BCUT2D eigenvalue weighted by Crippen LogP contribution is -2.36. The van der Waals surface area contributed by atoms with Crippen molar-refractivity contribution in [1.29, 1.82) is 0 Å². The molecule has 0 saturated heterocycles. The maximum atomic E-state index is 12.6. The second-order valence-corrected chi connectivity index (χ2v) is 9.60. The monoisotopic (exact) mass is 404 g/mol. The third-order valence-corrected chi connectivity index (χ3v) is 6.53. The number of carbonyl (C=O) groups excluding carboxylic acids is 1. The quantitative estimate of drug-likeness (QED) is 0.799. The summed E-state index contributed by atoms with van der Waals surface area (Å²) in [4.78, 5) is 12.7. The van der Waals surface area contributed by atoms with Gasteiger partial charge in [0.25, 0.3) is 5.91 Å². The lowest BCUT2D eigenvalue weighted by atomic mass is 9.84. The number of rotatable bonds is 6. The smallest absolute Gasteiger partial charge is 0.251 e. The van der Waals surface area contributed by atoms with Crippen molar-refractivity contribution in [3.05, 3.63) is 53.6 Å². The Kier molecular flexibility index (Phi) is 5.36. The predicted molar refractivity (Wildman–Crippen MR) is 105 cm³/mol. The SMILES string of the molecule is CN(C)S(=O)(=O)c1cccc(C(=O)NCC(C)(C)c2ccc3c(c2)OCO3)c1. The number of carbonyl (C=O) groups is 1. The lowest BCUT2D eigenvalue weighted by Gasteiger charge is -2.26. The summed E-state index contributed by atoms with van der Waals surface area (Å²) in [6.45, 7) is 4.60. The molecule has 0 aliphatic carbocycles. The number of fused-ring (bicyclic) bond motifs is 1. The van der Waals surface area contributed by atoms with Crippen LogP contribution in [-0.2, 0) is 15.4 Å². The first-order chi connectivity index (χ1) is 13.1. The Bertz CT molecular complexity index is 999. The van der Waals surface area contributed by atoms with Crippen LogP contribution in [0, 0.1) is 0 Å². The van der Waals surface area contributed by atoms with Gasteiger partial charge in [-0.25, -0.2) is 12.7 Å². The number of nitrogens with one attached hydrogen (secondary N) is 1. The molecule has 0 radical (unpaired) electrons. The maximum absolute atomic E-state index is 12.6. The highest BCUT2D eigenvalue weighted by Crippen LogP contribution is 2.36. The Hall–Kier alpha value is -2.58. The molecular formula is C20H24N2O5S. The number of hydrogen-bond acceptors (Lipinski definition) is 5. The van der Waals surface area contributed by atoms with E-state index in [1.807, 2.05) is 32.0 Å². The van der Waals surface area contributed by atoms with Gasteiger partial charge in [-0.3, -0.25) is 4.79 Å². The zero-order chi connectivity index (χ0) is 20.5. The fourth-order valence-electron chi connectivity index (χ4n) is 2.83. The first-order valence-corrected chi connectivity index (χ1v) is 10.3. The zero-order valence-corrected chi connectivity index (χ0v) is 17.2. The van der Waals surface area contributed by atoms with Gasteiger partial charge in [-0.1, -0.05) is 26.0 Å². The molecule has 3 rings (SSSR count). The molecule has 1 heterocycles. The molecule has 150 valence electrons. The fourth-order valence-corrected chi connectivity index (χ4v) is 3.78. The molecule has 7 nitrogen and oxygen atoms in total. The van der Waals surface area contributed by atoms with E-state index in [0.717, 1.165) is 9.87 Å². The largest absolute Gasteiger partial charge is 0.454 e. The molecule has 0 atom stereocenters. The summed E-state index contributed by atoms with van der Waals surface area (Å²) in [5.74, 6) is 1.07. The summed E-state index contributed by atoms with van der Waals surface area (Å²) < 4.78 is 36.4. The maximum Gasteiger partial charge on any atom is 0.251 e. The van der Waals surface area contributed by atoms with Gasteiger partial charge in [-0.05, 0) is 35.9 Å². The Balaban J connectivity index is 1.73. The van der Waals surface area contributed by atoms with Gasteiger partial charge in [0, 0.05) is 31.6 Å². The van der Waals surface area contributed by atoms with E-state index in [1.165, 1.54) is 26.2 Å². The summed E-state index contributed by atoms with van der Waals surface area (Å²) in [6, 6.07) is 11.7. The van der Waals surface area contributed by atoms with Crippen molar-refractivity contribution in [3.63, 3.8) is 0 Å². The number of nitrogens with zero attached hydrogens (tertiary/aromatic N) is 1. The average Bonchev–Trinajstić information content (AvgIpc) is 3.14. The molecule has 0 aromatic heterocycles. The molecule has 1 amide bonds. The normalized spacial score (nSPS) is 13.6. The van der Waals surface area contributed by atoms with Crippen LogP contribution in [0.3, 0.4) is 0 Å². The van der Waals surface area contributed by atoms with Crippen LogP contribution >= 0.6 is 0 Å². The summed E-state index contributed by atoms with van der Waals surface area (Å²) in [5.41, 5.74) is 0.939. The first kappa shape index (κ1) is 20.2. The first-order valence-electron chi connectivity index (χ1n) is 8.82. The Morgan fingerprint density at radius 3 is 2.54 bits per heavy atom. The van der Waals surface area contributed by atoms with E-state index in [1.54, 1.807) is 12.1 Å². The molecule has 28 heavy (non-hydrogen) atoms. The predicted octanol–water partition coefficient (Wildman–Crippen LogP) is 2.37. The summed E-state index contributed by atoms with van der Waals surface area (Å²) in [5, 5.41) is 2.89. The summed E-state index contributed by atoms with van der Waals surface area (Å²) in [7, 11) is -0.689. The van der Waals surface area contributed by atoms with Crippen LogP contribution in [0.1, 0.15) is 29.8 Å². The molecule has 8 heteroatoms. The third-order valence-electron chi connectivity index (χ3n) is 4.72. The van der Waals surface area contributed by atoms with Crippen molar-refractivity contribution in [2.45, 2.75) is 24.2 Å². The molecule has 1 N–H and O–H groups in total. The lowest BCUT2D eigenvalue weighted by molar-refractivity contribution is 0.0945. The van der Waals surface area contributed by atoms with E-state index in [4.69, 9.17) is 9.47 Å². The summed E-state index contributed by atoms with van der Waals surface area (Å²) in [6.07, 6.45) is 0. The van der Waals surface area contributed by atoms with Gasteiger partial charge in [0.1, 0.15) is 0 Å². The third kappa shape index (κ3) is 3.98. The number of benzene rings is 2. The number of hydrogen-bond donors (Lipinski definition) is 1. The molecule has 2 aromatic carbocycles. The van der Waals surface area contributed by atoms with Crippen LogP contribution < -0.4 is 14.8 Å². The second kappa shape index (κ2) is 7.44. The van der Waals surface area contributed by atoms with E-state index in [-0.39, 0.29) is 23.0 Å². The van der Waals surface area contributed by atoms with Crippen LogP contribution in [0.4, 0.5) is 0 Å². The van der Waals surface area contributed by atoms with Crippen molar-refractivity contribution >= 4 is 15.9 Å². The van der Waals surface area contributed by atoms with Gasteiger partial charge in [0.05, 0.1) is 4.90 Å². The van der Waals surface area contributed by atoms with Crippen LogP contribution in [0.15, 0.2) is 47.4 Å². The molecule has 0 unspecified atom stereocenters. The Labute approximate surface area is 165 Å². The van der Waals surface area contributed by atoms with Gasteiger partial charge in [0.15, 0.2) is 11.5 Å². The van der Waals surface area contributed by atoms with Gasteiger partial charge in [-0.15, -0.1) is 0 Å². The van der Waals surface area contributed by atoms with Crippen LogP contribution in [0.5, 0.6) is 11.5 Å². The van der Waals surface area contributed by atoms with Crippen molar-refractivity contribution in [3.8, 4) is 11.5 Å². The van der Waals surface area contributed by atoms with Crippen molar-refractivity contribution in [1.82, 2.24) is 9.62 Å². The van der Waals surface area contributed by atoms with Crippen LogP contribution in [0.25, 0.3) is 0 Å². The second-order valence-electron chi connectivity index (χ2n) is 7.45. The van der Waals surface area contributed by atoms with Gasteiger partial charge < -0.3 is 14.8 Å². The van der Waals surface area contributed by atoms with E-state index >= 15 is 0 Å². The fraction of sp³-hybridized carbons (Fsp3) is 0.350. The summed E-state index contributed by atoms with van der Waals surface area (Å²) >= 11 is 0. The van der Waals surface area contributed by atoms with Gasteiger partial charge in [-0.2, -0.15) is 0 Å².